The molecule has 0 bridgehead atoms. The number of aliphatic hydroxyl groups is 2. The molecule has 0 aliphatic rings. The van der Waals surface area contributed by atoms with Gasteiger partial charge in [-0.05, 0) is 13.8 Å². The van der Waals surface area contributed by atoms with Gasteiger partial charge in [0.05, 0.1) is 0 Å². The summed E-state index contributed by atoms with van der Waals surface area (Å²) in [6.07, 6.45) is 0.303. The SMILES string of the molecule is C=C(C)C(=O)O.C=C(C)C(=O)O.CCC(O)(O)c1ccccc1. The summed E-state index contributed by atoms with van der Waals surface area (Å²) >= 11 is 0. The lowest BCUT2D eigenvalue weighted by Gasteiger charge is -2.19. The summed E-state index contributed by atoms with van der Waals surface area (Å²) in [6.45, 7) is 10.9. The Bertz CT molecular complexity index is 483. The van der Waals surface area contributed by atoms with Crippen LogP contribution in [0.15, 0.2) is 54.6 Å². The van der Waals surface area contributed by atoms with E-state index in [2.05, 4.69) is 13.2 Å². The molecule has 1 aromatic rings. The maximum Gasteiger partial charge on any atom is 0.330 e. The van der Waals surface area contributed by atoms with Crippen molar-refractivity contribution in [2.45, 2.75) is 33.0 Å². The van der Waals surface area contributed by atoms with Gasteiger partial charge in [0.25, 0.3) is 0 Å². The zero-order valence-corrected chi connectivity index (χ0v) is 13.6. The van der Waals surface area contributed by atoms with Gasteiger partial charge in [-0.3, -0.25) is 0 Å². The molecule has 0 saturated heterocycles. The molecule has 0 unspecified atom stereocenters. The number of carbonyl (C=O) groups is 2. The first kappa shape index (κ1) is 22.8. The van der Waals surface area contributed by atoms with Gasteiger partial charge in [0.1, 0.15) is 0 Å². The summed E-state index contributed by atoms with van der Waals surface area (Å²) in [4.78, 5) is 19.2. The van der Waals surface area contributed by atoms with Crippen molar-refractivity contribution in [2.24, 2.45) is 0 Å². The Labute approximate surface area is 136 Å². The Morgan fingerprint density at radius 3 is 1.48 bits per heavy atom. The molecular formula is C17H24O6. The standard InChI is InChI=1S/C9H12O2.2C4H6O2/c1-2-9(10,11)8-6-4-3-5-7-8;2*1-3(2)4(5)6/h3-7,10-11H,2H2,1H3;2*1H2,2H3,(H,5,6). The van der Waals surface area contributed by atoms with Crippen molar-refractivity contribution >= 4 is 11.9 Å². The Kier molecular flexibility index (Phi) is 11.1. The number of carboxylic acid groups (broad SMARTS) is 2. The quantitative estimate of drug-likeness (QED) is 0.500. The number of hydrogen-bond donors (Lipinski definition) is 4. The normalized spacial score (nSPS) is 9.43. The van der Waals surface area contributed by atoms with Crippen LogP contribution in [0.3, 0.4) is 0 Å². The third-order valence-electron chi connectivity index (χ3n) is 2.46. The van der Waals surface area contributed by atoms with Crippen LogP contribution in [0.1, 0.15) is 32.8 Å². The van der Waals surface area contributed by atoms with E-state index in [9.17, 15) is 19.8 Å². The van der Waals surface area contributed by atoms with Crippen LogP contribution in [0.2, 0.25) is 0 Å². The van der Waals surface area contributed by atoms with E-state index in [0.29, 0.717) is 12.0 Å². The smallest absolute Gasteiger partial charge is 0.330 e. The van der Waals surface area contributed by atoms with Crippen LogP contribution in [0, 0.1) is 0 Å². The zero-order chi connectivity index (χ0) is 18.6. The highest BCUT2D eigenvalue weighted by atomic mass is 16.5. The molecule has 0 aliphatic heterocycles. The van der Waals surface area contributed by atoms with E-state index in [1.165, 1.54) is 13.8 Å². The Morgan fingerprint density at radius 1 is 0.957 bits per heavy atom. The van der Waals surface area contributed by atoms with Crippen molar-refractivity contribution in [3.05, 3.63) is 60.2 Å². The molecule has 4 N–H and O–H groups in total. The van der Waals surface area contributed by atoms with Gasteiger partial charge in [-0.1, -0.05) is 50.4 Å². The molecule has 0 aromatic heterocycles. The van der Waals surface area contributed by atoms with E-state index in [-0.39, 0.29) is 11.1 Å². The third kappa shape index (κ3) is 11.9. The van der Waals surface area contributed by atoms with Gasteiger partial charge in [-0.15, -0.1) is 0 Å². The summed E-state index contributed by atoms with van der Waals surface area (Å²) < 4.78 is 0. The molecule has 0 radical (unpaired) electrons. The fourth-order valence-electron chi connectivity index (χ4n) is 0.909. The Balaban J connectivity index is 0. The maximum absolute atomic E-state index is 9.60. The molecular weight excluding hydrogens is 300 g/mol. The van der Waals surface area contributed by atoms with Crippen LogP contribution >= 0.6 is 0 Å². The average Bonchev–Trinajstić information content (AvgIpc) is 2.49. The molecule has 0 spiro atoms. The lowest BCUT2D eigenvalue weighted by Crippen LogP contribution is -2.23. The van der Waals surface area contributed by atoms with Gasteiger partial charge in [-0.25, -0.2) is 9.59 Å². The van der Waals surface area contributed by atoms with Crippen molar-refractivity contribution in [1.82, 2.24) is 0 Å². The van der Waals surface area contributed by atoms with E-state index in [1.54, 1.807) is 31.2 Å². The fraction of sp³-hybridized carbons (Fsp3) is 0.294. The minimum absolute atomic E-state index is 0.176. The molecule has 6 nitrogen and oxygen atoms in total. The molecule has 6 heteroatoms. The van der Waals surface area contributed by atoms with Gasteiger partial charge in [0.2, 0.25) is 0 Å². The van der Waals surface area contributed by atoms with Crippen molar-refractivity contribution in [3.63, 3.8) is 0 Å². The van der Waals surface area contributed by atoms with Crippen LogP contribution < -0.4 is 0 Å². The minimum atomic E-state index is -1.67. The van der Waals surface area contributed by atoms with Gasteiger partial charge in [-0.2, -0.15) is 0 Å². The predicted octanol–water partition coefficient (Wildman–Crippen LogP) is 2.53. The molecule has 0 atom stereocenters. The van der Waals surface area contributed by atoms with Gasteiger partial charge < -0.3 is 20.4 Å². The highest BCUT2D eigenvalue weighted by molar-refractivity contribution is 5.85. The first-order valence-electron chi connectivity index (χ1n) is 6.73. The highest BCUT2D eigenvalue weighted by Crippen LogP contribution is 2.20. The summed E-state index contributed by atoms with van der Waals surface area (Å²) in [5.74, 6) is -3.54. The topological polar surface area (TPSA) is 115 Å². The van der Waals surface area contributed by atoms with Gasteiger partial charge in [0, 0.05) is 23.1 Å². The monoisotopic (exact) mass is 324 g/mol. The van der Waals surface area contributed by atoms with E-state index >= 15 is 0 Å². The zero-order valence-electron chi connectivity index (χ0n) is 13.6. The van der Waals surface area contributed by atoms with Crippen molar-refractivity contribution < 1.29 is 30.0 Å². The van der Waals surface area contributed by atoms with Gasteiger partial charge in [0.15, 0.2) is 5.79 Å². The summed E-state index contributed by atoms with van der Waals surface area (Å²) in [5, 5.41) is 34.5. The Hall–Kier alpha value is -2.44. The summed E-state index contributed by atoms with van der Waals surface area (Å²) in [7, 11) is 0. The van der Waals surface area contributed by atoms with Crippen LogP contribution in [-0.4, -0.2) is 32.4 Å². The number of benzene rings is 1. The number of carboxylic acids is 2. The highest BCUT2D eigenvalue weighted by Gasteiger charge is 2.21. The molecule has 0 saturated carbocycles. The molecule has 23 heavy (non-hydrogen) atoms. The van der Waals surface area contributed by atoms with Gasteiger partial charge >= 0.3 is 11.9 Å². The lowest BCUT2D eigenvalue weighted by atomic mass is 10.0. The molecule has 1 rings (SSSR count). The molecule has 1 aromatic carbocycles. The molecule has 0 heterocycles. The number of hydrogen-bond acceptors (Lipinski definition) is 4. The van der Waals surface area contributed by atoms with E-state index in [0.717, 1.165) is 0 Å². The summed E-state index contributed by atoms with van der Waals surface area (Å²) in [6, 6.07) is 8.81. The predicted molar refractivity (Wildman–Crippen MR) is 87.7 cm³/mol. The van der Waals surface area contributed by atoms with Crippen LogP contribution in [-0.2, 0) is 15.4 Å². The van der Waals surface area contributed by atoms with E-state index in [4.69, 9.17) is 10.2 Å². The second-order valence-corrected chi connectivity index (χ2v) is 4.71. The fourth-order valence-corrected chi connectivity index (χ4v) is 0.909. The molecule has 128 valence electrons. The van der Waals surface area contributed by atoms with Crippen LogP contribution in [0.5, 0.6) is 0 Å². The third-order valence-corrected chi connectivity index (χ3v) is 2.46. The first-order chi connectivity index (χ1) is 10.5. The molecule has 0 fully saturated rings. The number of aliphatic carboxylic acids is 2. The second-order valence-electron chi connectivity index (χ2n) is 4.71. The lowest BCUT2D eigenvalue weighted by molar-refractivity contribution is -0.171. The minimum Gasteiger partial charge on any atom is -0.478 e. The van der Waals surface area contributed by atoms with Crippen molar-refractivity contribution in [2.75, 3.05) is 0 Å². The second kappa shape index (κ2) is 11.2. The van der Waals surface area contributed by atoms with Crippen LogP contribution in [0.25, 0.3) is 0 Å². The first-order valence-corrected chi connectivity index (χ1v) is 6.73. The van der Waals surface area contributed by atoms with E-state index < -0.39 is 17.7 Å². The maximum atomic E-state index is 9.60. The number of rotatable bonds is 4. The van der Waals surface area contributed by atoms with Crippen molar-refractivity contribution in [1.29, 1.82) is 0 Å². The Morgan fingerprint density at radius 2 is 1.26 bits per heavy atom. The van der Waals surface area contributed by atoms with E-state index in [1.807, 2.05) is 6.07 Å². The summed E-state index contributed by atoms with van der Waals surface area (Å²) in [5.41, 5.74) is 0.896. The van der Waals surface area contributed by atoms with Crippen LogP contribution in [0.4, 0.5) is 0 Å². The molecule has 0 amide bonds. The average molecular weight is 324 g/mol. The largest absolute Gasteiger partial charge is 0.478 e. The molecule has 0 aliphatic carbocycles. The van der Waals surface area contributed by atoms with Crippen molar-refractivity contribution in [3.8, 4) is 0 Å².